The zero-order chi connectivity index (χ0) is 22.0. The van der Waals surface area contributed by atoms with Crippen molar-refractivity contribution < 1.29 is 9.21 Å². The van der Waals surface area contributed by atoms with Gasteiger partial charge in [-0.25, -0.2) is 9.78 Å². The molecule has 1 aromatic carbocycles. The summed E-state index contributed by atoms with van der Waals surface area (Å²) in [7, 11) is 1.99. The molecular formula is C24H27N5O2. The van der Waals surface area contributed by atoms with Gasteiger partial charge in [0.25, 0.3) is 0 Å². The summed E-state index contributed by atoms with van der Waals surface area (Å²) in [4.78, 5) is 20.2. The van der Waals surface area contributed by atoms with Crippen molar-refractivity contribution in [1.82, 2.24) is 14.8 Å². The van der Waals surface area contributed by atoms with Crippen molar-refractivity contribution in [2.24, 2.45) is 5.73 Å². The van der Waals surface area contributed by atoms with Gasteiger partial charge >= 0.3 is 6.03 Å². The number of nitrogens with zero attached hydrogens (tertiary/aromatic N) is 3. The summed E-state index contributed by atoms with van der Waals surface area (Å²) < 4.78 is 6.02. The van der Waals surface area contributed by atoms with Crippen LogP contribution in [0.15, 0.2) is 59.3 Å². The van der Waals surface area contributed by atoms with Crippen LogP contribution in [0.2, 0.25) is 0 Å². The summed E-state index contributed by atoms with van der Waals surface area (Å²) >= 11 is 0. The number of carbonyl (C=O) groups excluding carboxylic acids is 1. The van der Waals surface area contributed by atoms with E-state index in [0.29, 0.717) is 32.0 Å². The van der Waals surface area contributed by atoms with Crippen LogP contribution >= 0.6 is 0 Å². The lowest BCUT2D eigenvalue weighted by Gasteiger charge is -2.28. The van der Waals surface area contributed by atoms with Gasteiger partial charge in [-0.3, -0.25) is 5.32 Å². The SMILES string of the molecule is C=C(/C=C/c1cnc2c(c1)CN(CCN)C(=O)N2)N(C)Cc1oc2ccccc2c1C. The number of amides is 2. The van der Waals surface area contributed by atoms with Crippen molar-refractivity contribution in [2.75, 3.05) is 25.5 Å². The lowest BCUT2D eigenvalue weighted by Crippen LogP contribution is -2.41. The third kappa shape index (κ3) is 4.32. The van der Waals surface area contributed by atoms with E-state index in [9.17, 15) is 4.79 Å². The third-order valence-electron chi connectivity index (χ3n) is 5.54. The second-order valence-electron chi connectivity index (χ2n) is 7.74. The van der Waals surface area contributed by atoms with Crippen LogP contribution in [0, 0.1) is 6.92 Å². The molecule has 2 amide bonds. The smallest absolute Gasteiger partial charge is 0.323 e. The number of pyridine rings is 1. The average Bonchev–Trinajstić information content (AvgIpc) is 3.08. The first-order valence-electron chi connectivity index (χ1n) is 10.3. The molecule has 7 nitrogen and oxygen atoms in total. The van der Waals surface area contributed by atoms with Gasteiger partial charge in [-0.05, 0) is 30.7 Å². The van der Waals surface area contributed by atoms with Crippen LogP contribution in [-0.2, 0) is 13.1 Å². The Morgan fingerprint density at radius 1 is 1.42 bits per heavy atom. The number of carbonyl (C=O) groups is 1. The Kier molecular flexibility index (Phi) is 5.77. The van der Waals surface area contributed by atoms with E-state index < -0.39 is 0 Å². The quantitative estimate of drug-likeness (QED) is 0.565. The zero-order valence-electron chi connectivity index (χ0n) is 17.9. The first-order chi connectivity index (χ1) is 15.0. The fourth-order valence-corrected chi connectivity index (χ4v) is 3.66. The molecule has 4 rings (SSSR count). The fourth-order valence-electron chi connectivity index (χ4n) is 3.66. The normalized spacial score (nSPS) is 13.5. The Balaban J connectivity index is 1.44. The zero-order valence-corrected chi connectivity index (χ0v) is 17.9. The highest BCUT2D eigenvalue weighted by Crippen LogP contribution is 2.27. The van der Waals surface area contributed by atoms with Crippen molar-refractivity contribution in [3.63, 3.8) is 0 Å². The summed E-state index contributed by atoms with van der Waals surface area (Å²) in [6, 6.07) is 9.93. The molecule has 2 aromatic heterocycles. The molecule has 0 atom stereocenters. The van der Waals surface area contributed by atoms with E-state index in [-0.39, 0.29) is 6.03 Å². The molecule has 1 aliphatic heterocycles. The maximum Gasteiger partial charge on any atom is 0.323 e. The number of urea groups is 1. The lowest BCUT2D eigenvalue weighted by molar-refractivity contribution is 0.208. The molecule has 0 fully saturated rings. The average molecular weight is 418 g/mol. The number of anilines is 1. The molecule has 0 spiro atoms. The number of benzene rings is 1. The molecule has 0 aliphatic carbocycles. The van der Waals surface area contributed by atoms with Gasteiger partial charge in [-0.15, -0.1) is 0 Å². The molecule has 3 aromatic rings. The van der Waals surface area contributed by atoms with E-state index >= 15 is 0 Å². The van der Waals surface area contributed by atoms with Gasteiger partial charge in [0.15, 0.2) is 0 Å². The number of nitrogens with two attached hydrogens (primary N) is 1. The molecule has 160 valence electrons. The molecular weight excluding hydrogens is 390 g/mol. The molecule has 7 heteroatoms. The number of likely N-dealkylation sites (N-methyl/N-ethyl adjacent to an activating group) is 1. The Hall–Kier alpha value is -3.58. The van der Waals surface area contributed by atoms with Crippen molar-refractivity contribution in [3.8, 4) is 0 Å². The van der Waals surface area contributed by atoms with E-state index in [1.165, 1.54) is 0 Å². The first kappa shape index (κ1) is 20.7. The Morgan fingerprint density at radius 2 is 2.23 bits per heavy atom. The van der Waals surface area contributed by atoms with Gasteiger partial charge in [0, 0.05) is 48.5 Å². The van der Waals surface area contributed by atoms with Gasteiger partial charge in [0.05, 0.1) is 13.1 Å². The number of rotatable bonds is 7. The molecule has 0 saturated carbocycles. The number of aryl methyl sites for hydroxylation is 1. The minimum absolute atomic E-state index is 0.162. The summed E-state index contributed by atoms with van der Waals surface area (Å²) in [5, 5.41) is 3.95. The minimum atomic E-state index is -0.162. The van der Waals surface area contributed by atoms with Gasteiger partial charge in [-0.1, -0.05) is 30.9 Å². The van der Waals surface area contributed by atoms with Crippen LogP contribution in [0.25, 0.3) is 17.0 Å². The molecule has 0 unspecified atom stereocenters. The van der Waals surface area contributed by atoms with E-state index in [1.807, 2.05) is 43.5 Å². The van der Waals surface area contributed by atoms with Crippen LogP contribution in [0.3, 0.4) is 0 Å². The minimum Gasteiger partial charge on any atom is -0.459 e. The topological polar surface area (TPSA) is 87.6 Å². The summed E-state index contributed by atoms with van der Waals surface area (Å²) in [6.45, 7) is 8.33. The summed E-state index contributed by atoms with van der Waals surface area (Å²) in [5.74, 6) is 1.54. The Labute approximate surface area is 181 Å². The predicted octanol–water partition coefficient (Wildman–Crippen LogP) is 4.10. The van der Waals surface area contributed by atoms with Crippen LogP contribution in [0.4, 0.5) is 10.6 Å². The Bertz CT molecular complexity index is 1160. The molecule has 31 heavy (non-hydrogen) atoms. The summed E-state index contributed by atoms with van der Waals surface area (Å²) in [6.07, 6.45) is 5.67. The highest BCUT2D eigenvalue weighted by molar-refractivity contribution is 5.91. The largest absolute Gasteiger partial charge is 0.459 e. The number of para-hydroxylation sites is 1. The van der Waals surface area contributed by atoms with Gasteiger partial charge in [0.2, 0.25) is 0 Å². The molecule has 3 heterocycles. The van der Waals surface area contributed by atoms with Gasteiger partial charge < -0.3 is 20.0 Å². The Morgan fingerprint density at radius 3 is 3.00 bits per heavy atom. The third-order valence-corrected chi connectivity index (χ3v) is 5.54. The van der Waals surface area contributed by atoms with Crippen LogP contribution in [0.1, 0.15) is 22.5 Å². The maximum atomic E-state index is 12.0. The standard InChI is InChI=1S/C24H27N5O2/c1-16(28(3)15-22-17(2)20-6-4-5-7-21(20)31-22)8-9-18-12-19-14-29(11-10-25)24(30)27-23(19)26-13-18/h4-9,12-13H,1,10-11,14-15,25H2,2-3H3,(H,26,27,30)/b9-8+. The van der Waals surface area contributed by atoms with E-state index in [2.05, 4.69) is 34.8 Å². The fraction of sp³-hybridized carbons (Fsp3) is 0.250. The molecule has 3 N–H and O–H groups in total. The number of furan rings is 1. The molecule has 0 saturated heterocycles. The monoisotopic (exact) mass is 417 g/mol. The van der Waals surface area contributed by atoms with Crippen LogP contribution < -0.4 is 11.1 Å². The molecule has 0 bridgehead atoms. The van der Waals surface area contributed by atoms with Crippen molar-refractivity contribution >= 4 is 28.9 Å². The maximum absolute atomic E-state index is 12.0. The first-order valence-corrected chi connectivity index (χ1v) is 10.3. The number of aromatic nitrogens is 1. The van der Waals surface area contributed by atoms with E-state index in [0.717, 1.165) is 39.1 Å². The molecule has 1 aliphatic rings. The van der Waals surface area contributed by atoms with Crippen molar-refractivity contribution in [1.29, 1.82) is 0 Å². The number of hydrogen-bond donors (Lipinski definition) is 2. The van der Waals surface area contributed by atoms with Gasteiger partial charge in [0.1, 0.15) is 17.2 Å². The van der Waals surface area contributed by atoms with Crippen molar-refractivity contribution in [2.45, 2.75) is 20.0 Å². The van der Waals surface area contributed by atoms with Crippen LogP contribution in [0.5, 0.6) is 0 Å². The van der Waals surface area contributed by atoms with Gasteiger partial charge in [-0.2, -0.15) is 0 Å². The number of fused-ring (bicyclic) bond motifs is 2. The molecule has 0 radical (unpaired) electrons. The lowest BCUT2D eigenvalue weighted by atomic mass is 10.1. The number of allylic oxidation sites excluding steroid dienone is 1. The second-order valence-corrected chi connectivity index (χ2v) is 7.74. The van der Waals surface area contributed by atoms with Crippen LogP contribution in [-0.4, -0.2) is 41.0 Å². The highest BCUT2D eigenvalue weighted by Gasteiger charge is 2.22. The predicted molar refractivity (Wildman–Crippen MR) is 123 cm³/mol. The highest BCUT2D eigenvalue weighted by atomic mass is 16.3. The van der Waals surface area contributed by atoms with Crippen molar-refractivity contribution in [3.05, 3.63) is 77.3 Å². The van der Waals surface area contributed by atoms with E-state index in [4.69, 9.17) is 10.2 Å². The second kappa shape index (κ2) is 8.65. The summed E-state index contributed by atoms with van der Waals surface area (Å²) in [5.41, 5.74) is 10.4. The number of hydrogen-bond acceptors (Lipinski definition) is 5. The van der Waals surface area contributed by atoms with E-state index in [1.54, 1.807) is 11.1 Å². The number of nitrogens with one attached hydrogen (secondary N) is 1.